The van der Waals surface area contributed by atoms with E-state index in [-0.39, 0.29) is 40.7 Å². The first-order valence-electron chi connectivity index (χ1n) is 4.02. The second-order valence-corrected chi connectivity index (χ2v) is 2.71. The van der Waals surface area contributed by atoms with Crippen LogP contribution in [0.2, 0.25) is 0 Å². The van der Waals surface area contributed by atoms with E-state index in [1.807, 2.05) is 0 Å². The second-order valence-electron chi connectivity index (χ2n) is 2.71. The fourth-order valence-corrected chi connectivity index (χ4v) is 0.978. The van der Waals surface area contributed by atoms with Crippen molar-refractivity contribution in [1.82, 2.24) is 0 Å². The van der Waals surface area contributed by atoms with E-state index in [2.05, 4.69) is 0 Å². The van der Waals surface area contributed by atoms with Gasteiger partial charge in [-0.2, -0.15) is 10.5 Å². The van der Waals surface area contributed by atoms with E-state index in [1.54, 1.807) is 12.1 Å². The molecule has 0 amide bonds. The number of carbonyl (C=O) groups is 1. The predicted octanol–water partition coefficient (Wildman–Crippen LogP) is 1.43. The maximum Gasteiger partial charge on any atom is 0.335 e. The zero-order valence-corrected chi connectivity index (χ0v) is 10.6. The minimum absolute atomic E-state index is 0. The summed E-state index contributed by atoms with van der Waals surface area (Å²) < 4.78 is 0. The van der Waals surface area contributed by atoms with Crippen LogP contribution in [-0.4, -0.2) is 40.6 Å². The maximum absolute atomic E-state index is 10.5. The Morgan fingerprint density at radius 3 is 2.06 bits per heavy atom. The topological polar surface area (TPSA) is 84.9 Å². The number of nitrogens with zero attached hydrogens (tertiary/aromatic N) is 2. The van der Waals surface area contributed by atoms with Crippen LogP contribution in [-0.2, 0) is 0 Å². The third-order valence-electron chi connectivity index (χ3n) is 1.71. The van der Waals surface area contributed by atoms with Crippen molar-refractivity contribution in [3.8, 4) is 12.1 Å². The number of carboxylic acids is 1. The fraction of sp³-hybridized carbons (Fsp3) is 0. The smallest absolute Gasteiger partial charge is 0.335 e. The van der Waals surface area contributed by atoms with Gasteiger partial charge in [-0.15, -0.1) is 0 Å². The van der Waals surface area contributed by atoms with Gasteiger partial charge < -0.3 is 5.11 Å². The van der Waals surface area contributed by atoms with Crippen LogP contribution in [0, 0.1) is 22.7 Å². The Morgan fingerprint density at radius 2 is 1.69 bits per heavy atom. The molecule has 0 saturated carbocycles. The molecular weight excluding hydrogens is 215 g/mol. The first-order valence-corrected chi connectivity index (χ1v) is 4.02. The summed E-state index contributed by atoms with van der Waals surface area (Å²) in [5.74, 6) is -1.01. The monoisotopic (exact) mass is 221 g/mol. The molecule has 0 spiro atoms. The van der Waals surface area contributed by atoms with Gasteiger partial charge in [-0.1, -0.05) is 12.1 Å². The summed E-state index contributed by atoms with van der Waals surface area (Å²) in [6.45, 7) is 0. The molecule has 0 atom stereocenters. The van der Waals surface area contributed by atoms with Crippen LogP contribution in [0.4, 0.5) is 0 Å². The molecule has 0 aliphatic heterocycles. The molecule has 0 saturated heterocycles. The van der Waals surface area contributed by atoms with Crippen LogP contribution in [0.1, 0.15) is 15.9 Å². The van der Waals surface area contributed by atoms with Crippen molar-refractivity contribution in [2.75, 3.05) is 0 Å². The number of hydrogen-bond acceptors (Lipinski definition) is 3. The number of nitriles is 2. The molecule has 0 bridgehead atoms. The molecule has 4 nitrogen and oxygen atoms in total. The Bertz CT molecular complexity index is 476. The van der Waals surface area contributed by atoms with Gasteiger partial charge in [0.25, 0.3) is 0 Å². The van der Waals surface area contributed by atoms with Gasteiger partial charge >= 0.3 is 5.97 Å². The van der Waals surface area contributed by atoms with E-state index >= 15 is 0 Å². The molecular formula is C11H6N2NaO2. The Labute approximate surface area is 115 Å². The summed E-state index contributed by atoms with van der Waals surface area (Å²) in [6, 6.07) is 9.36. The van der Waals surface area contributed by atoms with E-state index in [0.717, 1.165) is 0 Å². The zero-order valence-electron chi connectivity index (χ0n) is 8.64. The Morgan fingerprint density at radius 1 is 1.19 bits per heavy atom. The summed E-state index contributed by atoms with van der Waals surface area (Å²) in [7, 11) is 0. The summed E-state index contributed by atoms with van der Waals surface area (Å²) in [5, 5.41) is 25.6. The molecule has 73 valence electrons. The van der Waals surface area contributed by atoms with Crippen molar-refractivity contribution in [3.05, 3.63) is 41.0 Å². The molecule has 0 aromatic heterocycles. The van der Waals surface area contributed by atoms with Crippen LogP contribution >= 0.6 is 0 Å². The number of carboxylic acid groups (broad SMARTS) is 1. The van der Waals surface area contributed by atoms with Crippen LogP contribution < -0.4 is 0 Å². The first kappa shape index (κ1) is 14.4. The zero-order chi connectivity index (χ0) is 11.3. The van der Waals surface area contributed by atoms with Crippen molar-refractivity contribution < 1.29 is 9.90 Å². The molecule has 0 aliphatic rings. The van der Waals surface area contributed by atoms with Crippen LogP contribution in [0.5, 0.6) is 0 Å². The summed E-state index contributed by atoms with van der Waals surface area (Å²) in [4.78, 5) is 10.5. The van der Waals surface area contributed by atoms with E-state index in [4.69, 9.17) is 15.6 Å². The van der Waals surface area contributed by atoms with E-state index in [1.165, 1.54) is 30.3 Å². The van der Waals surface area contributed by atoms with Gasteiger partial charge in [0, 0.05) is 29.6 Å². The van der Waals surface area contributed by atoms with Crippen molar-refractivity contribution in [1.29, 1.82) is 10.5 Å². The molecule has 0 fully saturated rings. The largest absolute Gasteiger partial charge is 0.478 e. The maximum atomic E-state index is 10.5. The molecule has 1 radical (unpaired) electrons. The molecule has 1 aromatic carbocycles. The summed E-state index contributed by atoms with van der Waals surface area (Å²) in [6.07, 6.45) is 1.39. The van der Waals surface area contributed by atoms with Gasteiger partial charge in [0.1, 0.15) is 17.7 Å². The van der Waals surface area contributed by atoms with Gasteiger partial charge in [0.05, 0.1) is 5.56 Å². The fourth-order valence-electron chi connectivity index (χ4n) is 0.978. The van der Waals surface area contributed by atoms with Gasteiger partial charge in [-0.05, 0) is 23.8 Å². The molecule has 1 N–H and O–H groups in total. The van der Waals surface area contributed by atoms with Crippen molar-refractivity contribution >= 4 is 41.6 Å². The molecule has 0 heterocycles. The quantitative estimate of drug-likeness (QED) is 0.604. The summed E-state index contributed by atoms with van der Waals surface area (Å²) in [5.41, 5.74) is 0.777. The number of rotatable bonds is 2. The molecule has 1 rings (SSSR count). The van der Waals surface area contributed by atoms with Crippen LogP contribution in [0.3, 0.4) is 0 Å². The average Bonchev–Trinajstić information content (AvgIpc) is 2.26. The van der Waals surface area contributed by atoms with E-state index in [9.17, 15) is 4.79 Å². The van der Waals surface area contributed by atoms with Gasteiger partial charge in [-0.25, -0.2) is 4.79 Å². The molecule has 0 aliphatic carbocycles. The molecule has 5 heteroatoms. The minimum atomic E-state index is -1.01. The van der Waals surface area contributed by atoms with E-state index < -0.39 is 5.97 Å². The minimum Gasteiger partial charge on any atom is -0.478 e. The summed E-state index contributed by atoms with van der Waals surface area (Å²) >= 11 is 0. The van der Waals surface area contributed by atoms with Gasteiger partial charge in [-0.3, -0.25) is 0 Å². The number of allylic oxidation sites excluding steroid dienone is 1. The predicted molar refractivity (Wildman–Crippen MR) is 58.4 cm³/mol. The van der Waals surface area contributed by atoms with Gasteiger partial charge in [0.2, 0.25) is 0 Å². The SMILES string of the molecule is N#CC(C#N)=Cc1ccc(C(=O)O)cc1.[Na]. The third kappa shape index (κ3) is 3.88. The molecule has 1 aromatic rings. The van der Waals surface area contributed by atoms with Crippen molar-refractivity contribution in [3.63, 3.8) is 0 Å². The van der Waals surface area contributed by atoms with Crippen molar-refractivity contribution in [2.24, 2.45) is 0 Å². The normalized spacial score (nSPS) is 7.88. The Balaban J connectivity index is 0.00000225. The average molecular weight is 221 g/mol. The Hall–Kier alpha value is -1.59. The second kappa shape index (κ2) is 6.81. The first-order chi connectivity index (χ1) is 7.17. The Kier molecular flexibility index (Phi) is 6.14. The van der Waals surface area contributed by atoms with Crippen molar-refractivity contribution in [2.45, 2.75) is 0 Å². The standard InChI is InChI=1S/C11H6N2O2.Na/c12-6-9(7-13)5-8-1-3-10(4-2-8)11(14)15;/h1-5H,(H,14,15);. The number of hydrogen-bond donors (Lipinski definition) is 1. The number of aromatic carboxylic acids is 1. The van der Waals surface area contributed by atoms with E-state index in [0.29, 0.717) is 5.56 Å². The van der Waals surface area contributed by atoms with Crippen LogP contribution in [0.25, 0.3) is 6.08 Å². The van der Waals surface area contributed by atoms with Crippen LogP contribution in [0.15, 0.2) is 29.8 Å². The number of benzene rings is 1. The molecule has 16 heavy (non-hydrogen) atoms. The third-order valence-corrected chi connectivity index (χ3v) is 1.71. The van der Waals surface area contributed by atoms with Gasteiger partial charge in [0.15, 0.2) is 0 Å². The molecule has 0 unspecified atom stereocenters.